The maximum Gasteiger partial charge on any atom is 0.416 e. The molecular formula is C28H37F3N2O2. The Bertz CT molecular complexity index is 990. The number of hydrogen-bond donors (Lipinski definition) is 0. The van der Waals surface area contributed by atoms with Gasteiger partial charge in [-0.3, -0.25) is 9.69 Å². The molecule has 192 valence electrons. The molecule has 0 unspecified atom stereocenters. The molecule has 1 heterocycles. The van der Waals surface area contributed by atoms with E-state index in [0.717, 1.165) is 17.4 Å². The summed E-state index contributed by atoms with van der Waals surface area (Å²) in [5, 5.41) is 0. The van der Waals surface area contributed by atoms with Gasteiger partial charge in [0.05, 0.1) is 12.7 Å². The molecule has 0 spiro atoms. The smallest absolute Gasteiger partial charge is 0.416 e. The minimum atomic E-state index is -4.36. The molecule has 7 heteroatoms. The lowest BCUT2D eigenvalue weighted by atomic mass is 9.88. The fourth-order valence-electron chi connectivity index (χ4n) is 4.97. The van der Waals surface area contributed by atoms with Crippen LogP contribution in [0.15, 0.2) is 48.5 Å². The highest BCUT2D eigenvalue weighted by atomic mass is 19.4. The molecule has 0 radical (unpaired) electrons. The zero-order valence-electron chi connectivity index (χ0n) is 21.3. The Balaban J connectivity index is 1.87. The van der Waals surface area contributed by atoms with Crippen molar-refractivity contribution in [2.24, 2.45) is 17.8 Å². The topological polar surface area (TPSA) is 32.8 Å². The highest BCUT2D eigenvalue weighted by molar-refractivity contribution is 5.78. The van der Waals surface area contributed by atoms with E-state index in [9.17, 15) is 18.0 Å². The van der Waals surface area contributed by atoms with Crippen LogP contribution in [-0.2, 0) is 17.5 Å². The predicted molar refractivity (Wildman–Crippen MR) is 132 cm³/mol. The van der Waals surface area contributed by atoms with Gasteiger partial charge in [0.1, 0.15) is 5.75 Å². The Morgan fingerprint density at radius 1 is 1.09 bits per heavy atom. The molecule has 1 saturated heterocycles. The Kier molecular flexibility index (Phi) is 8.86. The second kappa shape index (κ2) is 11.5. The van der Waals surface area contributed by atoms with Crippen LogP contribution in [0, 0.1) is 17.8 Å². The van der Waals surface area contributed by atoms with E-state index < -0.39 is 11.7 Å². The molecule has 1 aliphatic rings. The minimum Gasteiger partial charge on any atom is -0.497 e. The van der Waals surface area contributed by atoms with Crippen molar-refractivity contribution in [2.75, 3.05) is 33.3 Å². The fourth-order valence-corrected chi connectivity index (χ4v) is 4.97. The summed E-state index contributed by atoms with van der Waals surface area (Å²) in [5.74, 6) is 1.47. The molecule has 0 bridgehead atoms. The molecule has 3 rings (SSSR count). The number of nitrogens with zero attached hydrogens (tertiary/aromatic N) is 2. The van der Waals surface area contributed by atoms with Crippen LogP contribution in [0.5, 0.6) is 5.75 Å². The van der Waals surface area contributed by atoms with E-state index >= 15 is 0 Å². The summed E-state index contributed by atoms with van der Waals surface area (Å²) < 4.78 is 45.1. The number of halogens is 3. The summed E-state index contributed by atoms with van der Waals surface area (Å²) in [5.41, 5.74) is 1.14. The predicted octanol–water partition coefficient (Wildman–Crippen LogP) is 6.07. The molecule has 1 aliphatic heterocycles. The standard InChI is InChI=1S/C28H37F3N2O2/c1-19(2)14-33(27(34)20(3)4)17-23-16-32(15-21-8-6-10-24(12-21)28(29,30)31)18-26(23)22-9-7-11-25(13-22)35-5/h6-13,19-20,23,26H,14-18H2,1-5H3/t23-,26-/m0/s1. The van der Waals surface area contributed by atoms with E-state index in [-0.39, 0.29) is 23.7 Å². The number of benzene rings is 2. The van der Waals surface area contributed by atoms with Gasteiger partial charge in [0, 0.05) is 44.6 Å². The summed E-state index contributed by atoms with van der Waals surface area (Å²) >= 11 is 0. The summed E-state index contributed by atoms with van der Waals surface area (Å²) in [6.07, 6.45) is -4.36. The van der Waals surface area contributed by atoms with Crippen molar-refractivity contribution in [2.45, 2.75) is 46.3 Å². The fraction of sp³-hybridized carbons (Fsp3) is 0.536. The van der Waals surface area contributed by atoms with Gasteiger partial charge in [-0.25, -0.2) is 0 Å². The van der Waals surface area contributed by atoms with E-state index in [0.29, 0.717) is 44.2 Å². The van der Waals surface area contributed by atoms with Gasteiger partial charge >= 0.3 is 6.18 Å². The quantitative estimate of drug-likeness (QED) is 0.428. The molecule has 0 aromatic heterocycles. The molecule has 0 aliphatic carbocycles. The van der Waals surface area contributed by atoms with Crippen LogP contribution in [-0.4, -0.2) is 49.0 Å². The van der Waals surface area contributed by atoms with Gasteiger partial charge in [-0.15, -0.1) is 0 Å². The van der Waals surface area contributed by atoms with Crippen LogP contribution >= 0.6 is 0 Å². The molecular weight excluding hydrogens is 453 g/mol. The van der Waals surface area contributed by atoms with Gasteiger partial charge in [-0.2, -0.15) is 13.2 Å². The lowest BCUT2D eigenvalue weighted by Crippen LogP contribution is -2.41. The Morgan fingerprint density at radius 3 is 2.43 bits per heavy atom. The van der Waals surface area contributed by atoms with Gasteiger partial charge < -0.3 is 9.64 Å². The average Bonchev–Trinajstić information content (AvgIpc) is 3.19. The first-order valence-corrected chi connectivity index (χ1v) is 12.3. The summed E-state index contributed by atoms with van der Waals surface area (Å²) in [7, 11) is 1.64. The number of carbonyl (C=O) groups is 1. The number of rotatable bonds is 9. The molecule has 2 atom stereocenters. The van der Waals surface area contributed by atoms with Gasteiger partial charge in [0.25, 0.3) is 0 Å². The number of hydrogen-bond acceptors (Lipinski definition) is 3. The van der Waals surface area contributed by atoms with E-state index in [1.807, 2.05) is 36.9 Å². The van der Waals surface area contributed by atoms with Gasteiger partial charge in [-0.1, -0.05) is 58.0 Å². The molecule has 0 saturated carbocycles. The molecule has 2 aromatic carbocycles. The molecule has 2 aromatic rings. The van der Waals surface area contributed by atoms with Gasteiger partial charge in [-0.05, 0) is 41.2 Å². The highest BCUT2D eigenvalue weighted by Crippen LogP contribution is 2.36. The van der Waals surface area contributed by atoms with Crippen molar-refractivity contribution >= 4 is 5.91 Å². The van der Waals surface area contributed by atoms with Crippen molar-refractivity contribution < 1.29 is 22.7 Å². The van der Waals surface area contributed by atoms with Crippen LogP contribution in [0.1, 0.15) is 50.3 Å². The molecule has 4 nitrogen and oxygen atoms in total. The second-order valence-corrected chi connectivity index (χ2v) is 10.3. The van der Waals surface area contributed by atoms with Crippen molar-refractivity contribution in [1.82, 2.24) is 9.80 Å². The van der Waals surface area contributed by atoms with E-state index in [2.05, 4.69) is 24.8 Å². The first kappa shape index (κ1) is 27.1. The van der Waals surface area contributed by atoms with Gasteiger partial charge in [0.15, 0.2) is 0 Å². The van der Waals surface area contributed by atoms with Crippen molar-refractivity contribution in [3.05, 3.63) is 65.2 Å². The summed E-state index contributed by atoms with van der Waals surface area (Å²) in [6.45, 7) is 11.2. The van der Waals surface area contributed by atoms with Crippen LogP contribution < -0.4 is 4.74 Å². The lowest BCUT2D eigenvalue weighted by Gasteiger charge is -2.31. The zero-order valence-corrected chi connectivity index (χ0v) is 21.3. The maximum atomic E-state index is 13.2. The zero-order chi connectivity index (χ0) is 25.8. The molecule has 1 fully saturated rings. The van der Waals surface area contributed by atoms with Crippen LogP contribution in [0.25, 0.3) is 0 Å². The molecule has 1 amide bonds. The average molecular weight is 491 g/mol. The number of likely N-dealkylation sites (tertiary alicyclic amines) is 1. The number of alkyl halides is 3. The number of carbonyl (C=O) groups excluding carboxylic acids is 1. The first-order valence-electron chi connectivity index (χ1n) is 12.3. The van der Waals surface area contributed by atoms with Crippen molar-refractivity contribution in [1.29, 1.82) is 0 Å². The first-order chi connectivity index (χ1) is 16.5. The molecule has 35 heavy (non-hydrogen) atoms. The Morgan fingerprint density at radius 2 is 1.80 bits per heavy atom. The summed E-state index contributed by atoms with van der Waals surface area (Å²) in [4.78, 5) is 17.2. The normalized spacial score (nSPS) is 18.9. The van der Waals surface area contributed by atoms with Crippen molar-refractivity contribution in [3.63, 3.8) is 0 Å². The van der Waals surface area contributed by atoms with Crippen LogP contribution in [0.3, 0.4) is 0 Å². The van der Waals surface area contributed by atoms with Crippen LogP contribution in [0.4, 0.5) is 13.2 Å². The largest absolute Gasteiger partial charge is 0.497 e. The third-order valence-electron chi connectivity index (χ3n) is 6.55. The summed E-state index contributed by atoms with van der Waals surface area (Å²) in [6, 6.07) is 13.5. The Labute approximate surface area is 207 Å². The Hall–Kier alpha value is -2.54. The second-order valence-electron chi connectivity index (χ2n) is 10.3. The van der Waals surface area contributed by atoms with E-state index in [1.165, 1.54) is 12.1 Å². The SMILES string of the molecule is COc1cccc([C@@H]2CN(Cc3cccc(C(F)(F)F)c3)C[C@H]2CN(CC(C)C)C(=O)C(C)C)c1. The number of methoxy groups -OCH3 is 1. The third kappa shape index (κ3) is 7.23. The van der Waals surface area contributed by atoms with E-state index in [1.54, 1.807) is 13.2 Å². The van der Waals surface area contributed by atoms with E-state index in [4.69, 9.17) is 4.74 Å². The minimum absolute atomic E-state index is 0.0911. The number of amides is 1. The number of ether oxygens (including phenoxy) is 1. The van der Waals surface area contributed by atoms with Crippen molar-refractivity contribution in [3.8, 4) is 5.75 Å². The maximum absolute atomic E-state index is 13.2. The third-order valence-corrected chi connectivity index (χ3v) is 6.55. The van der Waals surface area contributed by atoms with Gasteiger partial charge in [0.2, 0.25) is 5.91 Å². The lowest BCUT2D eigenvalue weighted by molar-refractivity contribution is -0.137. The highest BCUT2D eigenvalue weighted by Gasteiger charge is 2.37. The molecule has 0 N–H and O–H groups in total. The monoisotopic (exact) mass is 490 g/mol. The van der Waals surface area contributed by atoms with Crippen LogP contribution in [0.2, 0.25) is 0 Å².